The number of carbonyl (C=O) groups excluding carboxylic acids is 1. The Kier molecular flexibility index (Phi) is 3.39. The molecule has 8 atom stereocenters. The van der Waals surface area contributed by atoms with Crippen molar-refractivity contribution < 1.29 is 24.5 Å². The van der Waals surface area contributed by atoms with Crippen molar-refractivity contribution in [2.75, 3.05) is 0 Å². The van der Waals surface area contributed by atoms with E-state index in [2.05, 4.69) is 6.92 Å². The number of aliphatic hydroxyl groups is 1. The number of hydrogen-bond donors (Lipinski definition) is 2. The van der Waals surface area contributed by atoms with Gasteiger partial charge in [-0.05, 0) is 50.4 Å². The summed E-state index contributed by atoms with van der Waals surface area (Å²) in [5, 5.41) is 21.8. The Morgan fingerprint density at radius 3 is 2.89 bits per heavy atom. The highest BCUT2D eigenvalue weighted by Gasteiger charge is 2.82. The first-order valence-corrected chi connectivity index (χ1v) is 10.6. The van der Waals surface area contributed by atoms with Crippen LogP contribution in [0.15, 0.2) is 12.2 Å². The van der Waals surface area contributed by atoms with Crippen LogP contribution >= 0.6 is 0 Å². The molecule has 1 unspecified atom stereocenters. The molecule has 4 aliphatic carbocycles. The van der Waals surface area contributed by atoms with Crippen LogP contribution in [0.2, 0.25) is 0 Å². The molecule has 27 heavy (non-hydrogen) atoms. The molecule has 2 N–H and O–H groups in total. The fourth-order valence-electron chi connectivity index (χ4n) is 8.27. The van der Waals surface area contributed by atoms with Crippen LogP contribution in [0.5, 0.6) is 0 Å². The van der Waals surface area contributed by atoms with E-state index >= 15 is 0 Å². The Morgan fingerprint density at radius 1 is 1.41 bits per heavy atom. The van der Waals surface area contributed by atoms with E-state index in [1.54, 1.807) is 0 Å². The molecule has 1 spiro atoms. The lowest BCUT2D eigenvalue weighted by Gasteiger charge is -2.45. The van der Waals surface area contributed by atoms with E-state index in [-0.39, 0.29) is 23.7 Å². The molecule has 0 aromatic carbocycles. The van der Waals surface area contributed by atoms with Crippen LogP contribution in [0, 0.1) is 34.5 Å². The van der Waals surface area contributed by atoms with Crippen molar-refractivity contribution in [2.24, 2.45) is 34.5 Å². The van der Waals surface area contributed by atoms with Gasteiger partial charge in [-0.15, -0.1) is 0 Å². The highest BCUT2D eigenvalue weighted by atomic mass is 16.6. The van der Waals surface area contributed by atoms with Crippen molar-refractivity contribution in [3.8, 4) is 0 Å². The van der Waals surface area contributed by atoms with Crippen LogP contribution < -0.4 is 0 Å². The van der Waals surface area contributed by atoms with Crippen molar-refractivity contribution in [1.82, 2.24) is 0 Å². The summed E-state index contributed by atoms with van der Waals surface area (Å²) in [4.78, 5) is 25.4. The summed E-state index contributed by atoms with van der Waals surface area (Å²) >= 11 is 0. The maximum atomic E-state index is 12.8. The van der Waals surface area contributed by atoms with Gasteiger partial charge in [-0.25, -0.2) is 0 Å². The SMILES string of the molecule is CCCC[C@H]1C[C@]23C[C@@]1(O)CC[C@H]2C12CC=C[C@@](C)(C(=O)O1)[C@H]2[C@@H]3C(=O)O. The predicted molar refractivity (Wildman–Crippen MR) is 97.7 cm³/mol. The number of unbranched alkanes of at least 4 members (excludes halogenated alkanes) is 1. The van der Waals surface area contributed by atoms with Gasteiger partial charge in [0.1, 0.15) is 5.60 Å². The van der Waals surface area contributed by atoms with Crippen LogP contribution in [0.4, 0.5) is 0 Å². The van der Waals surface area contributed by atoms with Gasteiger partial charge in [-0.2, -0.15) is 0 Å². The lowest BCUT2D eigenvalue weighted by atomic mass is 9.62. The zero-order valence-corrected chi connectivity index (χ0v) is 16.2. The van der Waals surface area contributed by atoms with E-state index in [4.69, 9.17) is 4.74 Å². The zero-order valence-electron chi connectivity index (χ0n) is 16.2. The van der Waals surface area contributed by atoms with Gasteiger partial charge in [0.15, 0.2) is 0 Å². The minimum atomic E-state index is -0.854. The summed E-state index contributed by atoms with van der Waals surface area (Å²) in [6.45, 7) is 4.01. The largest absolute Gasteiger partial charge is 0.481 e. The zero-order chi connectivity index (χ0) is 19.2. The third kappa shape index (κ3) is 1.85. The van der Waals surface area contributed by atoms with Gasteiger partial charge in [0.25, 0.3) is 0 Å². The first-order chi connectivity index (χ1) is 12.7. The summed E-state index contributed by atoms with van der Waals surface area (Å²) in [6, 6.07) is 0. The maximum Gasteiger partial charge on any atom is 0.316 e. The standard InChI is InChI=1S/C22H30O5/c1-3-4-6-13-11-20-12-21(13,26)10-7-14(20)22-9-5-8-19(2,18(25)27-22)16(22)15(20)17(23)24/h5,8,13-16,26H,3-4,6-7,9-12H2,1-2H3,(H,23,24)/t13-,14+,15+,16+,19+,20-,21-,22?/m0/s1. The Labute approximate surface area is 160 Å². The average Bonchev–Trinajstić information content (AvgIpc) is 3.01. The Hall–Kier alpha value is -1.36. The Balaban J connectivity index is 1.65. The summed E-state index contributed by atoms with van der Waals surface area (Å²) in [6.07, 6.45) is 10.4. The fourth-order valence-corrected chi connectivity index (χ4v) is 8.27. The molecule has 1 aliphatic heterocycles. The Bertz CT molecular complexity index is 745. The summed E-state index contributed by atoms with van der Waals surface area (Å²) in [5.41, 5.74) is -2.74. The van der Waals surface area contributed by atoms with Gasteiger partial charge in [0.05, 0.1) is 16.9 Å². The minimum absolute atomic E-state index is 0.0405. The minimum Gasteiger partial charge on any atom is -0.481 e. The van der Waals surface area contributed by atoms with E-state index in [0.29, 0.717) is 19.3 Å². The molecule has 5 rings (SSSR count). The number of carboxylic acid groups (broad SMARTS) is 1. The molecule has 0 radical (unpaired) electrons. The molecule has 0 aromatic rings. The number of esters is 1. The first-order valence-electron chi connectivity index (χ1n) is 10.6. The lowest BCUT2D eigenvalue weighted by molar-refractivity contribution is -0.162. The molecular weight excluding hydrogens is 344 g/mol. The van der Waals surface area contributed by atoms with Crippen LogP contribution in [-0.4, -0.2) is 33.4 Å². The van der Waals surface area contributed by atoms with Gasteiger partial charge in [0, 0.05) is 18.3 Å². The van der Waals surface area contributed by atoms with E-state index in [1.165, 1.54) is 0 Å². The number of aliphatic carboxylic acids is 1. The molecule has 5 heteroatoms. The average molecular weight is 374 g/mol. The maximum absolute atomic E-state index is 12.8. The number of fused-ring (bicyclic) bond motifs is 1. The number of ether oxygens (including phenoxy) is 1. The third-order valence-electron chi connectivity index (χ3n) is 9.09. The van der Waals surface area contributed by atoms with Crippen LogP contribution in [0.25, 0.3) is 0 Å². The van der Waals surface area contributed by atoms with Crippen LogP contribution in [0.1, 0.15) is 65.2 Å². The van der Waals surface area contributed by atoms with Gasteiger partial charge >= 0.3 is 11.9 Å². The number of carbonyl (C=O) groups is 2. The van der Waals surface area contributed by atoms with Crippen LogP contribution in [0.3, 0.4) is 0 Å². The first kappa shape index (κ1) is 17.7. The number of rotatable bonds is 4. The molecule has 4 bridgehead atoms. The number of hydrogen-bond acceptors (Lipinski definition) is 4. The van der Waals surface area contributed by atoms with Crippen molar-refractivity contribution in [2.45, 2.75) is 76.4 Å². The van der Waals surface area contributed by atoms with Gasteiger partial charge in [0.2, 0.25) is 0 Å². The Morgan fingerprint density at radius 2 is 2.19 bits per heavy atom. The van der Waals surface area contributed by atoms with E-state index in [0.717, 1.165) is 32.1 Å². The summed E-state index contributed by atoms with van der Waals surface area (Å²) < 4.78 is 6.10. The molecule has 5 aliphatic rings. The lowest BCUT2D eigenvalue weighted by Crippen LogP contribution is -2.47. The van der Waals surface area contributed by atoms with Crippen molar-refractivity contribution in [3.05, 3.63) is 12.2 Å². The van der Waals surface area contributed by atoms with Crippen molar-refractivity contribution in [3.63, 3.8) is 0 Å². The third-order valence-corrected chi connectivity index (χ3v) is 9.09. The van der Waals surface area contributed by atoms with E-state index < -0.39 is 33.9 Å². The molecule has 5 nitrogen and oxygen atoms in total. The molecular formula is C22H30O5. The second-order valence-electron chi connectivity index (χ2n) is 10.2. The van der Waals surface area contributed by atoms with Crippen LogP contribution in [-0.2, 0) is 14.3 Å². The molecule has 1 saturated heterocycles. The van der Waals surface area contributed by atoms with Crippen molar-refractivity contribution >= 4 is 11.9 Å². The topological polar surface area (TPSA) is 83.8 Å². The second-order valence-corrected chi connectivity index (χ2v) is 10.2. The van der Waals surface area contributed by atoms with Gasteiger partial charge < -0.3 is 14.9 Å². The quantitative estimate of drug-likeness (QED) is 0.583. The van der Waals surface area contributed by atoms with Crippen molar-refractivity contribution in [1.29, 1.82) is 0 Å². The molecule has 4 fully saturated rings. The van der Waals surface area contributed by atoms with E-state index in [9.17, 15) is 19.8 Å². The molecule has 0 amide bonds. The molecule has 1 heterocycles. The molecule has 0 aromatic heterocycles. The summed E-state index contributed by atoms with van der Waals surface area (Å²) in [5.74, 6) is -1.81. The fraction of sp³-hybridized carbons (Fsp3) is 0.818. The predicted octanol–water partition coefficient (Wildman–Crippen LogP) is 3.31. The summed E-state index contributed by atoms with van der Waals surface area (Å²) in [7, 11) is 0. The highest BCUT2D eigenvalue weighted by Crippen LogP contribution is 2.78. The number of carboxylic acids is 1. The van der Waals surface area contributed by atoms with E-state index in [1.807, 2.05) is 19.1 Å². The molecule has 148 valence electrons. The van der Waals surface area contributed by atoms with Gasteiger partial charge in [-0.3, -0.25) is 9.59 Å². The van der Waals surface area contributed by atoms with Gasteiger partial charge in [-0.1, -0.05) is 31.9 Å². The second kappa shape index (κ2) is 5.16. The highest BCUT2D eigenvalue weighted by molar-refractivity contribution is 5.86. The smallest absolute Gasteiger partial charge is 0.316 e. The monoisotopic (exact) mass is 374 g/mol. The molecule has 3 saturated carbocycles. The normalized spacial score (nSPS) is 54.6.